The summed E-state index contributed by atoms with van der Waals surface area (Å²) in [6, 6.07) is 18.4. The lowest BCUT2D eigenvalue weighted by molar-refractivity contribution is 0.621. The first-order valence-electron chi connectivity index (χ1n) is 6.34. The van der Waals surface area contributed by atoms with Gasteiger partial charge in [0.25, 0.3) is 0 Å². The lowest BCUT2D eigenvalue weighted by Gasteiger charge is -2.16. The van der Waals surface area contributed by atoms with Crippen molar-refractivity contribution in [2.45, 2.75) is 6.04 Å². The van der Waals surface area contributed by atoms with Crippen LogP contribution in [0.2, 0.25) is 0 Å². The third-order valence-electron chi connectivity index (χ3n) is 3.32. The molecule has 1 unspecified atom stereocenters. The van der Waals surface area contributed by atoms with Crippen molar-refractivity contribution in [2.75, 3.05) is 0 Å². The largest absolute Gasteiger partial charge is 0.271 e. The van der Waals surface area contributed by atoms with Gasteiger partial charge in [0, 0.05) is 10.7 Å². The molecule has 0 saturated heterocycles. The Morgan fingerprint density at radius 3 is 2.50 bits per heavy atom. The average molecular weight is 328 g/mol. The van der Waals surface area contributed by atoms with Crippen molar-refractivity contribution in [3.8, 4) is 0 Å². The number of nitrogens with one attached hydrogen (secondary N) is 1. The molecule has 100 valence electrons. The van der Waals surface area contributed by atoms with Crippen molar-refractivity contribution in [3.05, 3.63) is 76.5 Å². The van der Waals surface area contributed by atoms with Crippen molar-refractivity contribution >= 4 is 26.7 Å². The highest BCUT2D eigenvalue weighted by Gasteiger charge is 2.13. The number of pyridine rings is 1. The van der Waals surface area contributed by atoms with Gasteiger partial charge in [-0.3, -0.25) is 10.8 Å². The van der Waals surface area contributed by atoms with Crippen LogP contribution in [-0.2, 0) is 0 Å². The van der Waals surface area contributed by atoms with Crippen LogP contribution in [0.4, 0.5) is 0 Å². The van der Waals surface area contributed by atoms with E-state index in [1.165, 1.54) is 10.8 Å². The maximum absolute atomic E-state index is 5.72. The molecule has 2 aromatic carbocycles. The zero-order valence-electron chi connectivity index (χ0n) is 10.8. The Hall–Kier alpha value is -1.75. The number of hydrazine groups is 1. The fraction of sp³-hybridized carbons (Fsp3) is 0.0625. The van der Waals surface area contributed by atoms with Crippen LogP contribution in [0.1, 0.15) is 17.3 Å². The molecule has 4 heteroatoms. The van der Waals surface area contributed by atoms with Gasteiger partial charge in [0.2, 0.25) is 0 Å². The van der Waals surface area contributed by atoms with Gasteiger partial charge in [0.05, 0.1) is 11.7 Å². The molecule has 0 aliphatic carbocycles. The van der Waals surface area contributed by atoms with Crippen LogP contribution in [0.25, 0.3) is 10.8 Å². The van der Waals surface area contributed by atoms with Crippen LogP contribution < -0.4 is 11.3 Å². The molecular weight excluding hydrogens is 314 g/mol. The second kappa shape index (κ2) is 5.71. The first-order valence-corrected chi connectivity index (χ1v) is 7.13. The van der Waals surface area contributed by atoms with Crippen LogP contribution in [-0.4, -0.2) is 4.98 Å². The number of fused-ring (bicyclic) bond motifs is 1. The molecule has 0 aliphatic rings. The first kappa shape index (κ1) is 13.2. The Labute approximate surface area is 125 Å². The summed E-state index contributed by atoms with van der Waals surface area (Å²) < 4.78 is 0.954. The fourth-order valence-corrected chi connectivity index (χ4v) is 2.53. The maximum atomic E-state index is 5.72. The Morgan fingerprint density at radius 1 is 1.00 bits per heavy atom. The molecule has 3 N–H and O–H groups in total. The number of rotatable bonds is 3. The Kier molecular flexibility index (Phi) is 3.78. The summed E-state index contributed by atoms with van der Waals surface area (Å²) in [6.45, 7) is 0. The molecule has 20 heavy (non-hydrogen) atoms. The van der Waals surface area contributed by atoms with Crippen molar-refractivity contribution in [1.82, 2.24) is 10.4 Å². The predicted octanol–water partition coefficient (Wildman–Crippen LogP) is 3.55. The summed E-state index contributed by atoms with van der Waals surface area (Å²) in [5, 5.41) is 2.41. The van der Waals surface area contributed by atoms with E-state index in [9.17, 15) is 0 Å². The van der Waals surface area contributed by atoms with E-state index in [0.29, 0.717) is 0 Å². The van der Waals surface area contributed by atoms with Gasteiger partial charge in [-0.25, -0.2) is 5.43 Å². The standard InChI is InChI=1S/C16H14BrN3/c17-14-7-8-15(19-10-14)16(20-18)13-6-5-11-3-1-2-4-12(11)9-13/h1-10,16,20H,18H2. The number of nitrogens with two attached hydrogens (primary N) is 1. The molecule has 3 aromatic rings. The number of aromatic nitrogens is 1. The van der Waals surface area contributed by atoms with Crippen LogP contribution in [0.15, 0.2) is 65.3 Å². The maximum Gasteiger partial charge on any atom is 0.0881 e. The highest BCUT2D eigenvalue weighted by atomic mass is 79.9. The number of nitrogens with zero attached hydrogens (tertiary/aromatic N) is 1. The number of hydrogen-bond donors (Lipinski definition) is 2. The normalized spacial score (nSPS) is 12.5. The average Bonchev–Trinajstić information content (AvgIpc) is 2.50. The van der Waals surface area contributed by atoms with Crippen molar-refractivity contribution < 1.29 is 0 Å². The molecule has 1 aromatic heterocycles. The summed E-state index contributed by atoms with van der Waals surface area (Å²) in [7, 11) is 0. The van der Waals surface area contributed by atoms with Gasteiger partial charge in [-0.1, -0.05) is 36.4 Å². The highest BCUT2D eigenvalue weighted by Crippen LogP contribution is 2.24. The number of halogens is 1. The molecule has 0 fully saturated rings. The molecule has 0 bridgehead atoms. The summed E-state index contributed by atoms with van der Waals surface area (Å²) >= 11 is 3.39. The molecule has 0 radical (unpaired) electrons. The molecule has 0 spiro atoms. The van der Waals surface area contributed by atoms with Gasteiger partial charge in [-0.05, 0) is 50.5 Å². The molecule has 0 saturated carbocycles. The van der Waals surface area contributed by atoms with Gasteiger partial charge in [-0.2, -0.15) is 0 Å². The van der Waals surface area contributed by atoms with Gasteiger partial charge in [-0.15, -0.1) is 0 Å². The topological polar surface area (TPSA) is 50.9 Å². The Bertz CT molecular complexity index is 725. The Balaban J connectivity index is 2.04. The van der Waals surface area contributed by atoms with Crippen molar-refractivity contribution in [2.24, 2.45) is 5.84 Å². The van der Waals surface area contributed by atoms with Crippen molar-refractivity contribution in [1.29, 1.82) is 0 Å². The summed E-state index contributed by atoms with van der Waals surface area (Å²) in [6.07, 6.45) is 1.78. The Morgan fingerprint density at radius 2 is 1.80 bits per heavy atom. The monoisotopic (exact) mass is 327 g/mol. The molecule has 1 atom stereocenters. The summed E-state index contributed by atoms with van der Waals surface area (Å²) in [5.74, 6) is 5.72. The van der Waals surface area contributed by atoms with Gasteiger partial charge in [0.1, 0.15) is 0 Å². The zero-order chi connectivity index (χ0) is 13.9. The minimum Gasteiger partial charge on any atom is -0.271 e. The van der Waals surface area contributed by atoms with E-state index < -0.39 is 0 Å². The molecule has 3 rings (SSSR count). The zero-order valence-corrected chi connectivity index (χ0v) is 12.3. The van der Waals surface area contributed by atoms with Gasteiger partial charge in [0.15, 0.2) is 0 Å². The fourth-order valence-electron chi connectivity index (χ4n) is 2.30. The first-order chi connectivity index (χ1) is 9.78. The second-order valence-electron chi connectivity index (χ2n) is 4.61. The third kappa shape index (κ3) is 2.58. The number of hydrogen-bond acceptors (Lipinski definition) is 3. The summed E-state index contributed by atoms with van der Waals surface area (Å²) in [5.41, 5.74) is 4.83. The minimum atomic E-state index is -0.118. The van der Waals surface area contributed by atoms with E-state index in [-0.39, 0.29) is 6.04 Å². The van der Waals surface area contributed by atoms with E-state index in [1.54, 1.807) is 6.20 Å². The van der Waals surface area contributed by atoms with Crippen LogP contribution >= 0.6 is 15.9 Å². The van der Waals surface area contributed by atoms with Crippen LogP contribution in [0.5, 0.6) is 0 Å². The van der Waals surface area contributed by atoms with E-state index in [4.69, 9.17) is 5.84 Å². The lowest BCUT2D eigenvalue weighted by Crippen LogP contribution is -2.29. The highest BCUT2D eigenvalue weighted by molar-refractivity contribution is 9.10. The predicted molar refractivity (Wildman–Crippen MR) is 85.1 cm³/mol. The van der Waals surface area contributed by atoms with E-state index >= 15 is 0 Å². The van der Waals surface area contributed by atoms with E-state index in [2.05, 4.69) is 56.7 Å². The molecule has 3 nitrogen and oxygen atoms in total. The quantitative estimate of drug-likeness (QED) is 0.571. The molecule has 1 heterocycles. The molecule has 0 amide bonds. The minimum absolute atomic E-state index is 0.118. The number of benzene rings is 2. The SMILES string of the molecule is NNC(c1ccc2ccccc2c1)c1ccc(Br)cn1. The van der Waals surface area contributed by atoms with E-state index in [1.807, 2.05) is 24.3 Å². The van der Waals surface area contributed by atoms with Crippen LogP contribution in [0, 0.1) is 0 Å². The second-order valence-corrected chi connectivity index (χ2v) is 5.52. The third-order valence-corrected chi connectivity index (χ3v) is 3.79. The van der Waals surface area contributed by atoms with Gasteiger partial charge < -0.3 is 0 Å². The summed E-state index contributed by atoms with van der Waals surface area (Å²) in [4.78, 5) is 4.42. The molecule has 0 aliphatic heterocycles. The molecular formula is C16H14BrN3. The van der Waals surface area contributed by atoms with Crippen molar-refractivity contribution in [3.63, 3.8) is 0 Å². The van der Waals surface area contributed by atoms with Gasteiger partial charge >= 0.3 is 0 Å². The van der Waals surface area contributed by atoms with Crippen LogP contribution in [0.3, 0.4) is 0 Å². The van der Waals surface area contributed by atoms with E-state index in [0.717, 1.165) is 15.7 Å². The lowest BCUT2D eigenvalue weighted by atomic mass is 10.00. The smallest absolute Gasteiger partial charge is 0.0881 e.